The number of hydrogen-bond donors (Lipinski definition) is 0. The average Bonchev–Trinajstić information content (AvgIpc) is 2.77. The molecular formula is C26H35IO7S. The molecule has 0 aliphatic rings. The molecule has 0 aliphatic heterocycles. The molecular weight excluding hydrogens is 583 g/mol. The third-order valence-electron chi connectivity index (χ3n) is 5.14. The monoisotopic (exact) mass is 618 g/mol. The van der Waals surface area contributed by atoms with Gasteiger partial charge in [0.1, 0.15) is 11.4 Å². The van der Waals surface area contributed by atoms with Crippen molar-refractivity contribution in [1.82, 2.24) is 0 Å². The predicted octanol–water partition coefficient (Wildman–Crippen LogP) is 5.14. The van der Waals surface area contributed by atoms with E-state index in [0.29, 0.717) is 12.8 Å². The fourth-order valence-electron chi connectivity index (χ4n) is 3.45. The lowest BCUT2D eigenvalue weighted by molar-refractivity contribution is -0.167. The van der Waals surface area contributed by atoms with Gasteiger partial charge in [-0.1, -0.05) is 24.3 Å². The van der Waals surface area contributed by atoms with Gasteiger partial charge < -0.3 is 14.2 Å². The number of ether oxygens (including phenoxy) is 3. The van der Waals surface area contributed by atoms with E-state index in [1.54, 1.807) is 27.9 Å². The van der Waals surface area contributed by atoms with Crippen molar-refractivity contribution in [3.8, 4) is 5.75 Å². The second-order valence-electron chi connectivity index (χ2n) is 9.32. The molecule has 35 heavy (non-hydrogen) atoms. The van der Waals surface area contributed by atoms with Gasteiger partial charge in [-0.2, -0.15) is 8.42 Å². The highest BCUT2D eigenvalue weighted by atomic mass is 127. The van der Waals surface area contributed by atoms with Crippen molar-refractivity contribution in [2.45, 2.75) is 58.3 Å². The molecule has 0 aromatic heterocycles. The number of halogens is 1. The van der Waals surface area contributed by atoms with Gasteiger partial charge in [0.2, 0.25) is 0 Å². The zero-order valence-corrected chi connectivity index (χ0v) is 23.9. The summed E-state index contributed by atoms with van der Waals surface area (Å²) in [5.41, 5.74) is 1.36. The van der Waals surface area contributed by atoms with Crippen molar-refractivity contribution in [2.75, 3.05) is 20.0 Å². The minimum Gasteiger partial charge on any atom is -0.497 e. The smallest absolute Gasteiger partial charge is 0.312 e. The Morgan fingerprint density at radius 2 is 1.57 bits per heavy atom. The van der Waals surface area contributed by atoms with Crippen LogP contribution in [0.5, 0.6) is 5.75 Å². The molecule has 0 N–H and O–H groups in total. The Bertz CT molecular complexity index is 1030. The fourth-order valence-corrected chi connectivity index (χ4v) is 4.20. The molecule has 0 fully saturated rings. The van der Waals surface area contributed by atoms with Crippen LogP contribution in [0.2, 0.25) is 0 Å². The van der Waals surface area contributed by atoms with Gasteiger partial charge >= 0.3 is 5.97 Å². The van der Waals surface area contributed by atoms with Crippen LogP contribution in [0.15, 0.2) is 48.5 Å². The Hall–Kier alpha value is -1.69. The summed E-state index contributed by atoms with van der Waals surface area (Å²) < 4.78 is 46.3. The number of aryl methyl sites for hydroxylation is 1. The third kappa shape index (κ3) is 11.7. The standard InChI is InChI=1S/C26H35IO7S/c1-26(2,3)34-25(28)23(16-17-33-35(5,29)30)24(15-10-19-6-11-21(27)12-7-19)32-18-20-8-13-22(31-4)14-9-20/h6-9,11-14,23-24H,10,15-18H2,1-5H3. The van der Waals surface area contributed by atoms with Crippen LogP contribution in [0.1, 0.15) is 44.7 Å². The van der Waals surface area contributed by atoms with Gasteiger partial charge in [-0.3, -0.25) is 8.98 Å². The Morgan fingerprint density at radius 1 is 0.971 bits per heavy atom. The fraction of sp³-hybridized carbons (Fsp3) is 0.500. The van der Waals surface area contributed by atoms with Crippen LogP contribution in [0, 0.1) is 9.49 Å². The van der Waals surface area contributed by atoms with Crippen LogP contribution in [0.3, 0.4) is 0 Å². The summed E-state index contributed by atoms with van der Waals surface area (Å²) in [6.07, 6.45) is 1.89. The highest BCUT2D eigenvalue weighted by Crippen LogP contribution is 2.25. The first-order chi connectivity index (χ1) is 16.4. The van der Waals surface area contributed by atoms with E-state index in [-0.39, 0.29) is 19.6 Å². The van der Waals surface area contributed by atoms with Gasteiger partial charge in [-0.25, -0.2) is 0 Å². The molecule has 194 valence electrons. The van der Waals surface area contributed by atoms with Gasteiger partial charge in [0.25, 0.3) is 10.1 Å². The first-order valence-electron chi connectivity index (χ1n) is 11.4. The molecule has 2 rings (SSSR count). The number of carbonyl (C=O) groups excluding carboxylic acids is 1. The molecule has 0 heterocycles. The molecule has 2 atom stereocenters. The van der Waals surface area contributed by atoms with E-state index >= 15 is 0 Å². The van der Waals surface area contributed by atoms with Crippen LogP contribution >= 0.6 is 22.6 Å². The van der Waals surface area contributed by atoms with E-state index in [1.807, 2.05) is 36.4 Å². The van der Waals surface area contributed by atoms with E-state index < -0.39 is 33.7 Å². The maximum atomic E-state index is 13.2. The van der Waals surface area contributed by atoms with Crippen molar-refractivity contribution in [3.05, 3.63) is 63.2 Å². The van der Waals surface area contributed by atoms with E-state index in [4.69, 9.17) is 18.4 Å². The highest BCUT2D eigenvalue weighted by Gasteiger charge is 2.33. The Balaban J connectivity index is 2.24. The molecule has 7 nitrogen and oxygen atoms in total. The van der Waals surface area contributed by atoms with E-state index in [0.717, 1.165) is 26.7 Å². The Labute approximate surface area is 222 Å². The summed E-state index contributed by atoms with van der Waals surface area (Å²) in [4.78, 5) is 13.2. The van der Waals surface area contributed by atoms with Crippen LogP contribution in [-0.4, -0.2) is 46.1 Å². The summed E-state index contributed by atoms with van der Waals surface area (Å²) in [6.45, 7) is 5.55. The second-order valence-corrected chi connectivity index (χ2v) is 12.2. The molecule has 0 amide bonds. The summed E-state index contributed by atoms with van der Waals surface area (Å²) in [7, 11) is -2.03. The molecule has 0 spiro atoms. The topological polar surface area (TPSA) is 88.1 Å². The van der Waals surface area contributed by atoms with E-state index in [1.165, 1.54) is 0 Å². The number of rotatable bonds is 13. The van der Waals surface area contributed by atoms with Gasteiger partial charge in [0.05, 0.1) is 38.6 Å². The first kappa shape index (κ1) is 29.5. The number of esters is 1. The minimum atomic E-state index is -3.63. The maximum Gasteiger partial charge on any atom is 0.312 e. The lowest BCUT2D eigenvalue weighted by atomic mass is 9.93. The van der Waals surface area contributed by atoms with Crippen molar-refractivity contribution in [3.63, 3.8) is 0 Å². The Morgan fingerprint density at radius 3 is 2.11 bits per heavy atom. The molecule has 2 unspecified atom stereocenters. The van der Waals surface area contributed by atoms with E-state index in [2.05, 4.69) is 34.7 Å². The minimum absolute atomic E-state index is 0.130. The number of methoxy groups -OCH3 is 1. The van der Waals surface area contributed by atoms with Gasteiger partial charge in [-0.05, 0) is 98.0 Å². The number of hydrogen-bond acceptors (Lipinski definition) is 7. The molecule has 0 saturated carbocycles. The summed E-state index contributed by atoms with van der Waals surface area (Å²) in [6, 6.07) is 15.7. The maximum absolute atomic E-state index is 13.2. The zero-order chi connectivity index (χ0) is 26.1. The summed E-state index contributed by atoms with van der Waals surface area (Å²) in [5, 5.41) is 0. The first-order valence-corrected chi connectivity index (χ1v) is 14.3. The highest BCUT2D eigenvalue weighted by molar-refractivity contribution is 14.1. The molecule has 0 saturated heterocycles. The normalized spacial score (nSPS) is 13.8. The number of benzene rings is 2. The van der Waals surface area contributed by atoms with E-state index in [9.17, 15) is 13.2 Å². The molecule has 0 bridgehead atoms. The quantitative estimate of drug-likeness (QED) is 0.175. The van der Waals surface area contributed by atoms with Gasteiger partial charge in [0.15, 0.2) is 0 Å². The van der Waals surface area contributed by atoms with Crippen molar-refractivity contribution in [2.24, 2.45) is 5.92 Å². The van der Waals surface area contributed by atoms with Crippen LogP contribution in [0.25, 0.3) is 0 Å². The molecule has 0 radical (unpaired) electrons. The molecule has 2 aromatic carbocycles. The lowest BCUT2D eigenvalue weighted by Gasteiger charge is -2.29. The van der Waals surface area contributed by atoms with Gasteiger partial charge in [-0.15, -0.1) is 0 Å². The molecule has 0 aliphatic carbocycles. The molecule has 2 aromatic rings. The second kappa shape index (κ2) is 13.6. The van der Waals surface area contributed by atoms with Crippen LogP contribution < -0.4 is 4.74 Å². The van der Waals surface area contributed by atoms with Crippen molar-refractivity contribution >= 4 is 38.7 Å². The average molecular weight is 619 g/mol. The van der Waals surface area contributed by atoms with Crippen molar-refractivity contribution in [1.29, 1.82) is 0 Å². The largest absolute Gasteiger partial charge is 0.497 e. The summed E-state index contributed by atoms with van der Waals surface area (Å²) >= 11 is 2.26. The van der Waals surface area contributed by atoms with Crippen molar-refractivity contribution < 1.29 is 31.6 Å². The predicted molar refractivity (Wildman–Crippen MR) is 144 cm³/mol. The SMILES string of the molecule is COc1ccc(COC(CCc2ccc(I)cc2)C(CCOS(C)(=O)=O)C(=O)OC(C)(C)C)cc1. The third-order valence-corrected chi connectivity index (χ3v) is 6.45. The van der Waals surface area contributed by atoms with Gasteiger partial charge in [0, 0.05) is 3.57 Å². The molecule has 9 heteroatoms. The lowest BCUT2D eigenvalue weighted by Crippen LogP contribution is -2.37. The van der Waals surface area contributed by atoms with Crippen LogP contribution in [0.4, 0.5) is 0 Å². The van der Waals surface area contributed by atoms with Crippen LogP contribution in [-0.2, 0) is 41.6 Å². The summed E-state index contributed by atoms with van der Waals surface area (Å²) in [5.74, 6) is -0.386. The Kier molecular flexibility index (Phi) is 11.5. The number of carbonyl (C=O) groups is 1. The zero-order valence-electron chi connectivity index (χ0n) is 21.0.